The summed E-state index contributed by atoms with van der Waals surface area (Å²) in [4.78, 5) is 85.2. The third-order valence-corrected chi connectivity index (χ3v) is 13.6. The largest absolute Gasteiger partial charge is 0.483 e. The van der Waals surface area contributed by atoms with Gasteiger partial charge in [-0.05, 0) is 117 Å². The van der Waals surface area contributed by atoms with Crippen LogP contribution in [0.3, 0.4) is 0 Å². The molecule has 0 radical (unpaired) electrons. The summed E-state index contributed by atoms with van der Waals surface area (Å²) in [5, 5.41) is 27.6. The number of imide groups is 2. The molecule has 0 bridgehead atoms. The van der Waals surface area contributed by atoms with Crippen molar-refractivity contribution in [1.82, 2.24) is 25.0 Å². The van der Waals surface area contributed by atoms with Gasteiger partial charge >= 0.3 is 0 Å². The van der Waals surface area contributed by atoms with Gasteiger partial charge in [-0.1, -0.05) is 29.8 Å². The van der Waals surface area contributed by atoms with Crippen LogP contribution in [-0.2, 0) is 32.0 Å². The van der Waals surface area contributed by atoms with E-state index in [-0.39, 0.29) is 42.0 Å². The van der Waals surface area contributed by atoms with E-state index in [1.165, 1.54) is 18.2 Å². The highest BCUT2D eigenvalue weighted by Gasteiger charge is 2.46. The first-order valence-corrected chi connectivity index (χ1v) is 22.6. The Kier molecular flexibility index (Phi) is 11.1. The molecule has 6 heterocycles. The number of nitrogens with one attached hydrogen (secondary N) is 3. The molecule has 0 aliphatic carbocycles. The molecule has 4 aromatic carbocycles. The fraction of sp³-hybridized carbons (Fsp3) is 0.229. The molecule has 2 atom stereocenters. The van der Waals surface area contributed by atoms with Crippen LogP contribution in [0.2, 0.25) is 5.02 Å². The second-order valence-electron chi connectivity index (χ2n) is 16.5. The van der Waals surface area contributed by atoms with Crippen LogP contribution in [0.1, 0.15) is 90.4 Å². The monoisotopic (exact) mass is 934 g/mol. The van der Waals surface area contributed by atoms with Crippen LogP contribution in [0.5, 0.6) is 5.75 Å². The number of azo groups is 1. The maximum atomic E-state index is 13.9. The van der Waals surface area contributed by atoms with E-state index in [4.69, 9.17) is 21.3 Å². The number of hydrogen-bond donors (Lipinski definition) is 3. The number of aliphatic imine (C=N–C) groups is 1. The molecule has 1 saturated heterocycles. The Bertz CT molecular complexity index is 3190. The van der Waals surface area contributed by atoms with Gasteiger partial charge in [-0.2, -0.15) is 10.2 Å². The van der Waals surface area contributed by atoms with Gasteiger partial charge in [-0.3, -0.25) is 48.5 Å². The zero-order valence-corrected chi connectivity index (χ0v) is 37.7. The fourth-order valence-corrected chi connectivity index (χ4v) is 10.1. The predicted octanol–water partition coefficient (Wildman–Crippen LogP) is 7.76. The van der Waals surface area contributed by atoms with Crippen LogP contribution in [0.4, 0.5) is 22.7 Å². The number of ether oxygens (including phenoxy) is 1. The van der Waals surface area contributed by atoms with Gasteiger partial charge in [-0.25, -0.2) is 0 Å². The van der Waals surface area contributed by atoms with Gasteiger partial charge in [0.05, 0.1) is 34.6 Å². The first-order chi connectivity index (χ1) is 32.3. The molecule has 3 N–H and O–H groups in total. The minimum Gasteiger partial charge on any atom is -0.483 e. The summed E-state index contributed by atoms with van der Waals surface area (Å²) in [6, 6.07) is 20.9. The molecule has 17 nitrogen and oxygen atoms in total. The number of aromatic nitrogens is 3. The lowest BCUT2D eigenvalue weighted by Gasteiger charge is -2.27. The molecular weight excluding hydrogens is 896 g/mol. The van der Waals surface area contributed by atoms with Crippen molar-refractivity contribution >= 4 is 86.8 Å². The van der Waals surface area contributed by atoms with Crippen molar-refractivity contribution in [2.45, 2.75) is 65.0 Å². The molecule has 0 spiro atoms. The van der Waals surface area contributed by atoms with Crippen molar-refractivity contribution in [3.8, 4) is 10.8 Å². The van der Waals surface area contributed by atoms with Crippen LogP contribution >= 0.6 is 22.9 Å². The summed E-state index contributed by atoms with van der Waals surface area (Å²) >= 11 is 7.91. The molecule has 4 aliphatic rings. The Morgan fingerprint density at radius 2 is 1.51 bits per heavy atom. The molecule has 4 aliphatic heterocycles. The molecule has 6 aromatic rings. The van der Waals surface area contributed by atoms with Crippen molar-refractivity contribution in [3.63, 3.8) is 0 Å². The molecule has 6 amide bonds. The summed E-state index contributed by atoms with van der Waals surface area (Å²) in [5.41, 5.74) is 7.72. The van der Waals surface area contributed by atoms with Gasteiger partial charge < -0.3 is 15.4 Å². The predicted molar refractivity (Wildman–Crippen MR) is 248 cm³/mol. The Hall–Kier alpha value is -7.70. The Morgan fingerprint density at radius 1 is 0.821 bits per heavy atom. The van der Waals surface area contributed by atoms with Gasteiger partial charge in [0.2, 0.25) is 17.7 Å². The highest BCUT2D eigenvalue weighted by molar-refractivity contribution is 7.15. The summed E-state index contributed by atoms with van der Waals surface area (Å²) < 4.78 is 7.78. The fourth-order valence-electron chi connectivity index (χ4n) is 8.76. The minimum atomic E-state index is -1.14. The lowest BCUT2D eigenvalue weighted by Crippen LogP contribution is -2.54. The number of carbonyl (C=O) groups excluding carboxylic acids is 6. The van der Waals surface area contributed by atoms with Crippen molar-refractivity contribution in [3.05, 3.63) is 139 Å². The van der Waals surface area contributed by atoms with E-state index in [1.54, 1.807) is 35.6 Å². The van der Waals surface area contributed by atoms with Crippen LogP contribution in [0.25, 0.3) is 5.00 Å². The normalized spacial score (nSPS) is 17.2. The molecule has 67 heavy (non-hydrogen) atoms. The number of aryl methyl sites for hydroxylation is 4. The van der Waals surface area contributed by atoms with E-state index in [0.717, 1.165) is 48.3 Å². The van der Waals surface area contributed by atoms with Gasteiger partial charge in [0.25, 0.3) is 17.7 Å². The number of halogens is 1. The number of benzene rings is 4. The van der Waals surface area contributed by atoms with E-state index in [2.05, 4.69) is 50.2 Å². The molecule has 0 saturated carbocycles. The zero-order valence-electron chi connectivity index (χ0n) is 36.2. The SMILES string of the molecule is Cc1sc2c(c1C)C(c1ccc(Cl)cc1)=N[C@@H](CC(=O)Nc1ccc3c(c1)CCc1cc(NC(=O)COc4cccc5c4C(=O)N(C4CCC(=O)NC4=O)C5=O)ccc1N=N3)c1nnc(C)n1-2. The Labute approximate surface area is 391 Å². The zero-order chi connectivity index (χ0) is 46.7. The highest BCUT2D eigenvalue weighted by atomic mass is 35.5. The van der Waals surface area contributed by atoms with Crippen molar-refractivity contribution in [2.75, 3.05) is 17.2 Å². The maximum Gasteiger partial charge on any atom is 0.266 e. The smallest absolute Gasteiger partial charge is 0.266 e. The van der Waals surface area contributed by atoms with Crippen molar-refractivity contribution in [2.24, 2.45) is 15.2 Å². The molecule has 1 unspecified atom stereocenters. The Balaban J connectivity index is 0.807. The van der Waals surface area contributed by atoms with Crippen LogP contribution in [-0.4, -0.2) is 73.5 Å². The topological polar surface area (TPSA) is 219 Å². The number of hydrogen-bond acceptors (Lipinski definition) is 13. The number of nitrogens with zero attached hydrogens (tertiary/aromatic N) is 7. The summed E-state index contributed by atoms with van der Waals surface area (Å²) in [6.07, 6.45) is 1.09. The Morgan fingerprint density at radius 3 is 2.19 bits per heavy atom. The second kappa shape index (κ2) is 17.3. The van der Waals surface area contributed by atoms with Crippen LogP contribution in [0.15, 0.2) is 94.1 Å². The van der Waals surface area contributed by atoms with E-state index >= 15 is 0 Å². The van der Waals surface area contributed by atoms with Crippen LogP contribution < -0.4 is 20.7 Å². The first-order valence-electron chi connectivity index (χ1n) is 21.4. The van der Waals surface area contributed by atoms with Gasteiger partial charge in [0.1, 0.15) is 28.7 Å². The lowest BCUT2D eigenvalue weighted by atomic mass is 9.99. The maximum absolute atomic E-state index is 13.9. The average Bonchev–Trinajstić information content (AvgIpc) is 3.88. The van der Waals surface area contributed by atoms with E-state index in [0.29, 0.717) is 52.3 Å². The van der Waals surface area contributed by atoms with Gasteiger partial charge in [0, 0.05) is 38.8 Å². The number of piperidine rings is 1. The number of anilines is 2. The molecular formula is C48H39ClN10O7S. The number of thiophene rings is 1. The quantitative estimate of drug-likeness (QED) is 0.121. The average molecular weight is 935 g/mol. The third kappa shape index (κ3) is 8.07. The third-order valence-electron chi connectivity index (χ3n) is 12.2. The standard InChI is InChI=1S/C48H39ClN10O7S/c1-23-24(2)67-48-41(23)43(26-9-11-29(49)12-10-26)52-35(44-57-54-25(3)58(44)48)21-39(61)50-30-13-15-33-27(19-30)7-8-28-20-31(14-16-34(28)56-55-33)51-40(62)22-66-37-6-4-5-32-42(37)47(65)59(46(32)64)36-17-18-38(60)53-45(36)63/h4-6,9-16,19-20,35-36H,7-8,17-18,21-22H2,1-3H3,(H,50,61)(H,51,62)(H,53,60,63)/t35-,36?/m0/s1. The summed E-state index contributed by atoms with van der Waals surface area (Å²) in [7, 11) is 0. The molecule has 19 heteroatoms. The minimum absolute atomic E-state index is 0.000406. The highest BCUT2D eigenvalue weighted by Crippen LogP contribution is 2.41. The molecule has 336 valence electrons. The molecule has 2 aromatic heterocycles. The van der Waals surface area contributed by atoms with Gasteiger partial charge in [0.15, 0.2) is 12.4 Å². The van der Waals surface area contributed by atoms with E-state index in [1.807, 2.05) is 47.9 Å². The summed E-state index contributed by atoms with van der Waals surface area (Å²) in [6.45, 7) is 5.56. The molecule has 1 fully saturated rings. The second-order valence-corrected chi connectivity index (χ2v) is 18.1. The molecule has 10 rings (SSSR count). The van der Waals surface area contributed by atoms with Gasteiger partial charge in [-0.15, -0.1) is 21.5 Å². The number of fused-ring (bicyclic) bond motifs is 6. The first kappa shape index (κ1) is 43.2. The number of rotatable bonds is 9. The van der Waals surface area contributed by atoms with Crippen molar-refractivity contribution < 1.29 is 33.5 Å². The number of amides is 6. The lowest BCUT2D eigenvalue weighted by molar-refractivity contribution is -0.136. The number of carbonyl (C=O) groups is 6. The summed E-state index contributed by atoms with van der Waals surface area (Å²) in [5.74, 6) is -2.12. The van der Waals surface area contributed by atoms with E-state index in [9.17, 15) is 28.8 Å². The van der Waals surface area contributed by atoms with Crippen LogP contribution in [0, 0.1) is 20.8 Å². The van der Waals surface area contributed by atoms with E-state index < -0.39 is 48.2 Å². The van der Waals surface area contributed by atoms with Crippen molar-refractivity contribution in [1.29, 1.82) is 0 Å².